The third kappa shape index (κ3) is 3.32. The summed E-state index contributed by atoms with van der Waals surface area (Å²) in [5.74, 6) is -0.706. The molecule has 2 aromatic rings. The first kappa shape index (κ1) is 18.0. The molecule has 0 atom stereocenters. The van der Waals surface area contributed by atoms with Gasteiger partial charge in [0.2, 0.25) is 0 Å². The van der Waals surface area contributed by atoms with E-state index < -0.39 is 15.8 Å². The van der Waals surface area contributed by atoms with E-state index in [1.54, 1.807) is 24.3 Å². The quantitative estimate of drug-likeness (QED) is 0.795. The van der Waals surface area contributed by atoms with Crippen molar-refractivity contribution in [1.29, 1.82) is 0 Å². The Morgan fingerprint density at radius 3 is 2.56 bits per heavy atom. The number of hydrogen-bond acceptors (Lipinski definition) is 4. The topological polar surface area (TPSA) is 63.7 Å². The summed E-state index contributed by atoms with van der Waals surface area (Å²) >= 11 is 0. The molecule has 7 heteroatoms. The first-order valence-electron chi connectivity index (χ1n) is 9.08. The highest BCUT2D eigenvalue weighted by molar-refractivity contribution is 7.92. The van der Waals surface area contributed by atoms with Crippen molar-refractivity contribution in [2.75, 3.05) is 10.8 Å². The molecule has 4 rings (SSSR count). The predicted molar refractivity (Wildman–Crippen MR) is 99.2 cm³/mol. The normalized spacial score (nSPS) is 17.8. The van der Waals surface area contributed by atoms with Gasteiger partial charge in [-0.25, -0.2) is 12.8 Å². The molecule has 1 aliphatic carbocycles. The molecule has 1 saturated carbocycles. The van der Waals surface area contributed by atoms with Crippen LogP contribution in [0.4, 0.5) is 10.1 Å². The van der Waals surface area contributed by atoms with Gasteiger partial charge in [0.25, 0.3) is 10.0 Å². The van der Waals surface area contributed by atoms with Gasteiger partial charge in [0.1, 0.15) is 0 Å². The molecule has 1 heterocycles. The van der Waals surface area contributed by atoms with E-state index in [0.717, 1.165) is 31.7 Å². The summed E-state index contributed by atoms with van der Waals surface area (Å²) in [6.07, 6.45) is 3.98. The van der Waals surface area contributed by atoms with E-state index in [0.29, 0.717) is 11.3 Å². The van der Waals surface area contributed by atoms with Crippen molar-refractivity contribution >= 4 is 21.5 Å². The van der Waals surface area contributed by atoms with Crippen LogP contribution in [0.3, 0.4) is 0 Å². The molecule has 0 aromatic heterocycles. The van der Waals surface area contributed by atoms with Gasteiger partial charge in [0.05, 0.1) is 16.7 Å². The maximum atomic E-state index is 14.5. The van der Waals surface area contributed by atoms with Crippen LogP contribution in [-0.2, 0) is 10.0 Å². The van der Waals surface area contributed by atoms with Crippen LogP contribution in [0.2, 0.25) is 0 Å². The zero-order chi connectivity index (χ0) is 19.0. The van der Waals surface area contributed by atoms with Gasteiger partial charge in [0, 0.05) is 18.5 Å². The zero-order valence-electron chi connectivity index (χ0n) is 14.7. The van der Waals surface area contributed by atoms with Crippen LogP contribution >= 0.6 is 0 Å². The third-order valence-electron chi connectivity index (χ3n) is 5.10. The Hall–Kier alpha value is -2.41. The molecule has 1 fully saturated rings. The number of rotatable bonds is 4. The highest BCUT2D eigenvalue weighted by atomic mass is 32.2. The number of sulfonamides is 1. The molecule has 2 aliphatic rings. The number of fused-ring (bicyclic) bond motifs is 1. The number of Topliss-reactive ketones (excluding diaryl/α,β-unsaturated/α-hetero) is 1. The Morgan fingerprint density at radius 1 is 1.07 bits per heavy atom. The Morgan fingerprint density at radius 2 is 1.81 bits per heavy atom. The van der Waals surface area contributed by atoms with Crippen LogP contribution in [-0.4, -0.2) is 26.8 Å². The van der Waals surface area contributed by atoms with Crippen molar-refractivity contribution < 1.29 is 22.3 Å². The molecule has 5 nitrogen and oxygen atoms in total. The molecule has 0 unspecified atom stereocenters. The minimum Gasteiger partial charge on any atom is -0.487 e. The second-order valence-electron chi connectivity index (χ2n) is 6.88. The Kier molecular flexibility index (Phi) is 4.63. The second kappa shape index (κ2) is 6.96. The molecule has 0 saturated heterocycles. The smallest absolute Gasteiger partial charge is 0.264 e. The molecule has 2 aromatic carbocycles. The molecule has 0 spiro atoms. The largest absolute Gasteiger partial charge is 0.487 e. The number of benzene rings is 2. The monoisotopic (exact) mass is 389 g/mol. The Bertz CT molecular complexity index is 983. The average Bonchev–Trinajstić information content (AvgIpc) is 3.17. The lowest BCUT2D eigenvalue weighted by Gasteiger charge is -2.29. The highest BCUT2D eigenvalue weighted by Gasteiger charge is 2.32. The van der Waals surface area contributed by atoms with Crippen molar-refractivity contribution in [2.24, 2.45) is 0 Å². The number of hydrogen-bond donors (Lipinski definition) is 0. The molecule has 0 radical (unpaired) electrons. The standard InChI is InChI=1S/C20H20FNO4S/c21-17-13-15(9-10-20(17)26-14-5-1-2-6-14)27(24,25)22-12-11-19(23)16-7-3-4-8-18(16)22/h3-4,7-10,13-14H,1-2,5-6,11-12H2. The van der Waals surface area contributed by atoms with Gasteiger partial charge in [0.15, 0.2) is 17.3 Å². The van der Waals surface area contributed by atoms with E-state index >= 15 is 0 Å². The van der Waals surface area contributed by atoms with Crippen LogP contribution in [0.5, 0.6) is 5.75 Å². The number of anilines is 1. The lowest BCUT2D eigenvalue weighted by molar-refractivity contribution is 0.0982. The molecule has 0 amide bonds. The van der Waals surface area contributed by atoms with Gasteiger partial charge in [-0.2, -0.15) is 0 Å². The van der Waals surface area contributed by atoms with E-state index in [4.69, 9.17) is 4.74 Å². The fraction of sp³-hybridized carbons (Fsp3) is 0.350. The van der Waals surface area contributed by atoms with Gasteiger partial charge in [-0.05, 0) is 56.0 Å². The number of para-hydroxylation sites is 1. The molecule has 1 aliphatic heterocycles. The first-order valence-corrected chi connectivity index (χ1v) is 10.5. The van der Waals surface area contributed by atoms with Gasteiger partial charge >= 0.3 is 0 Å². The van der Waals surface area contributed by atoms with Crippen molar-refractivity contribution in [1.82, 2.24) is 0 Å². The lowest BCUT2D eigenvalue weighted by Crippen LogP contribution is -2.37. The summed E-state index contributed by atoms with van der Waals surface area (Å²) < 4.78 is 47.5. The fourth-order valence-corrected chi connectivity index (χ4v) is 5.18. The molecule has 0 N–H and O–H groups in total. The van der Waals surface area contributed by atoms with Crippen LogP contribution in [0.25, 0.3) is 0 Å². The van der Waals surface area contributed by atoms with E-state index in [1.807, 2.05) is 0 Å². The van der Waals surface area contributed by atoms with E-state index in [2.05, 4.69) is 0 Å². The van der Waals surface area contributed by atoms with Crippen LogP contribution < -0.4 is 9.04 Å². The number of halogens is 1. The minimum absolute atomic E-state index is 0.0121. The molecular weight excluding hydrogens is 369 g/mol. The second-order valence-corrected chi connectivity index (χ2v) is 8.75. The summed E-state index contributed by atoms with van der Waals surface area (Å²) in [5, 5.41) is 0. The van der Waals surface area contributed by atoms with Gasteiger partial charge in [-0.15, -0.1) is 0 Å². The van der Waals surface area contributed by atoms with Crippen LogP contribution in [0.1, 0.15) is 42.5 Å². The summed E-state index contributed by atoms with van der Waals surface area (Å²) in [7, 11) is -3.98. The van der Waals surface area contributed by atoms with Gasteiger partial charge in [-0.3, -0.25) is 9.10 Å². The maximum absolute atomic E-state index is 14.5. The SMILES string of the molecule is O=C1CCN(S(=O)(=O)c2ccc(OC3CCCC3)c(F)c2)c2ccccc21. The van der Waals surface area contributed by atoms with Gasteiger partial charge in [-0.1, -0.05) is 12.1 Å². The number of carbonyl (C=O) groups excluding carboxylic acids is 1. The van der Waals surface area contributed by atoms with E-state index in [9.17, 15) is 17.6 Å². The fourth-order valence-electron chi connectivity index (χ4n) is 3.69. The maximum Gasteiger partial charge on any atom is 0.264 e. The molecular formula is C20H20FNO4S. The number of nitrogens with zero attached hydrogens (tertiary/aromatic N) is 1. The molecule has 27 heavy (non-hydrogen) atoms. The molecule has 142 valence electrons. The molecule has 0 bridgehead atoms. The van der Waals surface area contributed by atoms with E-state index in [-0.39, 0.29) is 35.5 Å². The number of carbonyl (C=O) groups is 1. The summed E-state index contributed by atoms with van der Waals surface area (Å²) in [6, 6.07) is 10.3. The lowest BCUT2D eigenvalue weighted by atomic mass is 10.0. The summed E-state index contributed by atoms with van der Waals surface area (Å²) in [6.45, 7) is 0.0418. The number of ketones is 1. The highest BCUT2D eigenvalue weighted by Crippen LogP contribution is 2.33. The number of ether oxygens (including phenoxy) is 1. The zero-order valence-corrected chi connectivity index (χ0v) is 15.5. The van der Waals surface area contributed by atoms with Crippen molar-refractivity contribution in [3.63, 3.8) is 0 Å². The van der Waals surface area contributed by atoms with Gasteiger partial charge < -0.3 is 4.74 Å². The van der Waals surface area contributed by atoms with Crippen molar-refractivity contribution in [3.8, 4) is 5.75 Å². The minimum atomic E-state index is -3.98. The average molecular weight is 389 g/mol. The van der Waals surface area contributed by atoms with Crippen molar-refractivity contribution in [2.45, 2.75) is 43.1 Å². The van der Waals surface area contributed by atoms with E-state index in [1.165, 1.54) is 16.4 Å². The van der Waals surface area contributed by atoms with Crippen molar-refractivity contribution in [3.05, 3.63) is 53.8 Å². The first-order chi connectivity index (χ1) is 13.0. The summed E-state index contributed by atoms with van der Waals surface area (Å²) in [5.41, 5.74) is 0.703. The van der Waals surface area contributed by atoms with Crippen LogP contribution in [0, 0.1) is 5.82 Å². The summed E-state index contributed by atoms with van der Waals surface area (Å²) in [4.78, 5) is 11.9. The Labute approximate surface area is 157 Å². The predicted octanol–water partition coefficient (Wildman–Crippen LogP) is 3.93. The van der Waals surface area contributed by atoms with Crippen LogP contribution in [0.15, 0.2) is 47.4 Å². The third-order valence-corrected chi connectivity index (χ3v) is 6.91. The Balaban J connectivity index is 1.65.